The van der Waals surface area contributed by atoms with Crippen LogP contribution in [-0.4, -0.2) is 20.2 Å². The molecule has 3 rings (SSSR count). The molecule has 0 atom stereocenters. The molecule has 1 aromatic carbocycles. The van der Waals surface area contributed by atoms with Gasteiger partial charge in [-0.05, 0) is 18.2 Å². The van der Waals surface area contributed by atoms with Crippen LogP contribution in [0.25, 0.3) is 11.5 Å². The van der Waals surface area contributed by atoms with Crippen molar-refractivity contribution in [1.82, 2.24) is 20.2 Å². The predicted octanol–water partition coefficient (Wildman–Crippen LogP) is 4.07. The van der Waals surface area contributed by atoms with Gasteiger partial charge in [-0.3, -0.25) is 0 Å². The number of aromatic nitrogens is 4. The van der Waals surface area contributed by atoms with Gasteiger partial charge in [0.15, 0.2) is 10.9 Å². The largest absolute Gasteiger partial charge is 0.433 e. The first-order valence-corrected chi connectivity index (χ1v) is 8.10. The van der Waals surface area contributed by atoms with E-state index in [1.54, 1.807) is 24.3 Å². The number of anilines is 1. The Labute approximate surface area is 148 Å². The Hall–Kier alpha value is -2.33. The number of halogens is 4. The van der Waals surface area contributed by atoms with Gasteiger partial charge in [-0.25, -0.2) is 9.97 Å². The second kappa shape index (κ2) is 6.89. The molecular formula is C14H9ClF3N5OS. The van der Waals surface area contributed by atoms with Gasteiger partial charge in [0.1, 0.15) is 5.82 Å². The van der Waals surface area contributed by atoms with Gasteiger partial charge in [-0.2, -0.15) is 13.2 Å². The fraction of sp³-hybridized carbons (Fsp3) is 0.143. The third-order valence-corrected chi connectivity index (χ3v) is 3.95. The molecule has 3 aromatic rings. The van der Waals surface area contributed by atoms with Gasteiger partial charge in [0.05, 0.1) is 5.75 Å². The van der Waals surface area contributed by atoms with E-state index in [9.17, 15) is 13.2 Å². The van der Waals surface area contributed by atoms with Gasteiger partial charge in [-0.15, -0.1) is 10.2 Å². The quantitative estimate of drug-likeness (QED) is 0.533. The van der Waals surface area contributed by atoms with Crippen LogP contribution >= 0.6 is 23.4 Å². The monoisotopic (exact) mass is 387 g/mol. The summed E-state index contributed by atoms with van der Waals surface area (Å²) in [6.45, 7) is 0. The number of hydrogen-bond donors (Lipinski definition) is 1. The molecule has 0 aliphatic rings. The highest BCUT2D eigenvalue weighted by Gasteiger charge is 2.33. The predicted molar refractivity (Wildman–Crippen MR) is 85.8 cm³/mol. The Morgan fingerprint density at radius 1 is 1.16 bits per heavy atom. The van der Waals surface area contributed by atoms with Crippen LogP contribution in [0.5, 0.6) is 0 Å². The van der Waals surface area contributed by atoms with Crippen molar-refractivity contribution in [2.24, 2.45) is 0 Å². The molecule has 0 radical (unpaired) electrons. The van der Waals surface area contributed by atoms with Gasteiger partial charge in [0.25, 0.3) is 0 Å². The molecule has 0 saturated heterocycles. The van der Waals surface area contributed by atoms with Crippen LogP contribution in [0.3, 0.4) is 0 Å². The number of rotatable bonds is 4. The molecule has 0 unspecified atom stereocenters. The standard InChI is InChI=1S/C14H9ClF3N5OS/c15-8-3-1-2-7(4-8)12-23-22-11(24-12)6-25-13-20-9(14(16,17)18)5-10(19)21-13/h1-5H,6H2,(H2,19,20,21). The molecule has 130 valence electrons. The summed E-state index contributed by atoms with van der Waals surface area (Å²) in [7, 11) is 0. The van der Waals surface area contributed by atoms with Gasteiger partial charge < -0.3 is 10.2 Å². The van der Waals surface area contributed by atoms with Crippen molar-refractivity contribution >= 4 is 29.2 Å². The maximum Gasteiger partial charge on any atom is 0.433 e. The molecule has 2 heterocycles. The minimum absolute atomic E-state index is 0.0916. The summed E-state index contributed by atoms with van der Waals surface area (Å²) in [5.41, 5.74) is 4.92. The van der Waals surface area contributed by atoms with Crippen molar-refractivity contribution in [3.05, 3.63) is 46.9 Å². The topological polar surface area (TPSA) is 90.7 Å². The van der Waals surface area contributed by atoms with Gasteiger partial charge >= 0.3 is 6.18 Å². The molecule has 0 aliphatic heterocycles. The third-order valence-electron chi connectivity index (χ3n) is 2.88. The SMILES string of the molecule is Nc1cc(C(F)(F)F)nc(SCc2nnc(-c3cccc(Cl)c3)o2)n1. The fourth-order valence-corrected chi connectivity index (χ4v) is 2.72. The Bertz CT molecular complexity index is 902. The molecule has 0 fully saturated rings. The van der Waals surface area contributed by atoms with E-state index in [-0.39, 0.29) is 28.5 Å². The third kappa shape index (κ3) is 4.40. The minimum atomic E-state index is -4.60. The summed E-state index contributed by atoms with van der Waals surface area (Å²) < 4.78 is 43.6. The second-order valence-electron chi connectivity index (χ2n) is 4.76. The van der Waals surface area contributed by atoms with Crippen molar-refractivity contribution in [3.8, 4) is 11.5 Å². The Morgan fingerprint density at radius 3 is 2.68 bits per heavy atom. The fourth-order valence-electron chi connectivity index (χ4n) is 1.83. The van der Waals surface area contributed by atoms with E-state index in [0.29, 0.717) is 16.7 Å². The summed E-state index contributed by atoms with van der Waals surface area (Å²) in [5, 5.41) is 8.10. The van der Waals surface area contributed by atoms with Gasteiger partial charge in [-0.1, -0.05) is 29.4 Å². The maximum atomic E-state index is 12.7. The first kappa shape index (κ1) is 17.5. The summed E-state index contributed by atoms with van der Waals surface area (Å²) in [4.78, 5) is 7.20. The van der Waals surface area contributed by atoms with E-state index < -0.39 is 11.9 Å². The number of nitrogens with zero attached hydrogens (tertiary/aromatic N) is 4. The molecule has 0 saturated carbocycles. The van der Waals surface area contributed by atoms with Crippen LogP contribution in [0.2, 0.25) is 5.02 Å². The Balaban J connectivity index is 1.74. The van der Waals surface area contributed by atoms with E-state index in [0.717, 1.165) is 11.8 Å². The van der Waals surface area contributed by atoms with Crippen LogP contribution in [0.4, 0.5) is 19.0 Å². The molecular weight excluding hydrogens is 379 g/mol. The first-order chi connectivity index (χ1) is 11.8. The number of thioether (sulfide) groups is 1. The average molecular weight is 388 g/mol. The van der Waals surface area contributed by atoms with Crippen LogP contribution in [0.1, 0.15) is 11.6 Å². The molecule has 11 heteroatoms. The summed E-state index contributed by atoms with van der Waals surface area (Å²) in [5.74, 6) is 0.283. The minimum Gasteiger partial charge on any atom is -0.420 e. The van der Waals surface area contributed by atoms with E-state index in [2.05, 4.69) is 20.2 Å². The van der Waals surface area contributed by atoms with E-state index in [1.165, 1.54) is 0 Å². The number of hydrogen-bond acceptors (Lipinski definition) is 7. The van der Waals surface area contributed by atoms with Gasteiger partial charge in [0.2, 0.25) is 11.8 Å². The lowest BCUT2D eigenvalue weighted by Crippen LogP contribution is -2.10. The Morgan fingerprint density at radius 2 is 1.96 bits per heavy atom. The zero-order valence-corrected chi connectivity index (χ0v) is 13.9. The molecule has 0 aliphatic carbocycles. The molecule has 25 heavy (non-hydrogen) atoms. The molecule has 6 nitrogen and oxygen atoms in total. The highest BCUT2D eigenvalue weighted by molar-refractivity contribution is 7.98. The van der Waals surface area contributed by atoms with Crippen molar-refractivity contribution in [3.63, 3.8) is 0 Å². The van der Waals surface area contributed by atoms with Crippen LogP contribution in [0, 0.1) is 0 Å². The van der Waals surface area contributed by atoms with E-state index >= 15 is 0 Å². The highest BCUT2D eigenvalue weighted by atomic mass is 35.5. The normalized spacial score (nSPS) is 11.7. The van der Waals surface area contributed by atoms with Gasteiger partial charge in [0, 0.05) is 16.7 Å². The lowest BCUT2D eigenvalue weighted by atomic mass is 10.2. The van der Waals surface area contributed by atoms with Crippen molar-refractivity contribution < 1.29 is 17.6 Å². The lowest BCUT2D eigenvalue weighted by Gasteiger charge is -2.07. The van der Waals surface area contributed by atoms with Crippen LogP contribution < -0.4 is 5.73 Å². The highest BCUT2D eigenvalue weighted by Crippen LogP contribution is 2.31. The van der Waals surface area contributed by atoms with Crippen LogP contribution in [0.15, 0.2) is 39.9 Å². The summed E-state index contributed by atoms with van der Waals surface area (Å²) >= 11 is 6.80. The number of alkyl halides is 3. The zero-order chi connectivity index (χ0) is 18.0. The molecule has 0 spiro atoms. The van der Waals surface area contributed by atoms with Crippen molar-refractivity contribution in [2.75, 3.05) is 5.73 Å². The number of nitrogen functional groups attached to an aromatic ring is 1. The zero-order valence-electron chi connectivity index (χ0n) is 12.3. The van der Waals surface area contributed by atoms with E-state index in [1.807, 2.05) is 0 Å². The number of benzene rings is 1. The van der Waals surface area contributed by atoms with Crippen LogP contribution in [-0.2, 0) is 11.9 Å². The molecule has 2 N–H and O–H groups in total. The maximum absolute atomic E-state index is 12.7. The number of nitrogens with two attached hydrogens (primary N) is 1. The summed E-state index contributed by atoms with van der Waals surface area (Å²) in [6.07, 6.45) is -4.60. The second-order valence-corrected chi connectivity index (χ2v) is 6.14. The molecule has 2 aromatic heterocycles. The van der Waals surface area contributed by atoms with Crippen molar-refractivity contribution in [2.45, 2.75) is 17.1 Å². The van der Waals surface area contributed by atoms with Crippen molar-refractivity contribution in [1.29, 1.82) is 0 Å². The average Bonchev–Trinajstić information content (AvgIpc) is 3.01. The summed E-state index contributed by atoms with van der Waals surface area (Å²) in [6, 6.07) is 7.51. The molecule has 0 amide bonds. The van der Waals surface area contributed by atoms with E-state index in [4.69, 9.17) is 21.8 Å². The smallest absolute Gasteiger partial charge is 0.420 e. The Kier molecular flexibility index (Phi) is 4.82. The first-order valence-electron chi connectivity index (χ1n) is 6.74. The molecule has 0 bridgehead atoms. The lowest BCUT2D eigenvalue weighted by molar-refractivity contribution is -0.141.